The lowest BCUT2D eigenvalue weighted by atomic mass is 10.0. The monoisotopic (exact) mass is 518 g/mol. The van der Waals surface area contributed by atoms with Gasteiger partial charge in [-0.3, -0.25) is 4.79 Å². The van der Waals surface area contributed by atoms with Gasteiger partial charge in [-0.15, -0.1) is 0 Å². The van der Waals surface area contributed by atoms with Gasteiger partial charge in [-0.1, -0.05) is 0 Å². The molecule has 0 radical (unpaired) electrons. The van der Waals surface area contributed by atoms with Crippen molar-refractivity contribution in [2.45, 2.75) is 57.7 Å². The number of fused-ring (bicyclic) bond motifs is 1. The summed E-state index contributed by atoms with van der Waals surface area (Å²) in [7, 11) is 0. The van der Waals surface area contributed by atoms with Gasteiger partial charge in [0.05, 0.1) is 11.6 Å². The molecule has 2 unspecified atom stereocenters. The summed E-state index contributed by atoms with van der Waals surface area (Å²) in [6.07, 6.45) is 2.56. The molecule has 1 saturated heterocycles. The zero-order valence-corrected chi connectivity index (χ0v) is 21.5. The third-order valence-corrected chi connectivity index (χ3v) is 6.17. The van der Waals surface area contributed by atoms with Crippen LogP contribution < -0.4 is 10.1 Å². The van der Waals surface area contributed by atoms with Crippen molar-refractivity contribution in [3.63, 3.8) is 0 Å². The van der Waals surface area contributed by atoms with Crippen molar-refractivity contribution in [2.75, 3.05) is 6.54 Å². The number of hydrogen-bond acceptors (Lipinski definition) is 6. The fourth-order valence-corrected chi connectivity index (χ4v) is 4.43. The molecule has 198 valence electrons. The van der Waals surface area contributed by atoms with Gasteiger partial charge in [0.25, 0.3) is 0 Å². The Hall–Kier alpha value is -4.52. The largest absolute Gasteiger partial charge is 0.478 e. The zero-order valence-electron chi connectivity index (χ0n) is 21.5. The van der Waals surface area contributed by atoms with Crippen LogP contribution in [0.1, 0.15) is 49.5 Å². The molecule has 4 rings (SSSR count). The number of likely N-dealkylation sites (tertiary alicyclic amines) is 1. The minimum Gasteiger partial charge on any atom is -0.478 e. The predicted molar refractivity (Wildman–Crippen MR) is 139 cm³/mol. The van der Waals surface area contributed by atoms with Crippen LogP contribution in [0.4, 0.5) is 4.79 Å². The number of carboxylic acid groups (broad SMARTS) is 1. The number of carboxylic acids is 1. The third kappa shape index (κ3) is 6.24. The van der Waals surface area contributed by atoms with E-state index in [0.29, 0.717) is 24.5 Å². The molecule has 3 aromatic rings. The molecular formula is C28H30N4O6. The van der Waals surface area contributed by atoms with Gasteiger partial charge in [0.15, 0.2) is 0 Å². The van der Waals surface area contributed by atoms with Crippen LogP contribution in [0, 0.1) is 11.3 Å². The summed E-state index contributed by atoms with van der Waals surface area (Å²) in [4.78, 5) is 41.9. The molecule has 0 bridgehead atoms. The summed E-state index contributed by atoms with van der Waals surface area (Å²) < 4.78 is 11.3. The van der Waals surface area contributed by atoms with Gasteiger partial charge < -0.3 is 29.8 Å². The van der Waals surface area contributed by atoms with Crippen molar-refractivity contribution in [1.82, 2.24) is 15.2 Å². The van der Waals surface area contributed by atoms with E-state index >= 15 is 0 Å². The van der Waals surface area contributed by atoms with Crippen molar-refractivity contribution in [3.8, 4) is 17.6 Å². The van der Waals surface area contributed by atoms with Crippen LogP contribution >= 0.6 is 0 Å². The molecule has 1 aromatic heterocycles. The van der Waals surface area contributed by atoms with E-state index in [2.05, 4.69) is 16.4 Å². The van der Waals surface area contributed by atoms with E-state index < -0.39 is 29.7 Å². The first-order chi connectivity index (χ1) is 18.0. The zero-order chi connectivity index (χ0) is 27.4. The molecule has 2 atom stereocenters. The number of rotatable bonds is 7. The number of aromatic amines is 1. The van der Waals surface area contributed by atoms with Crippen molar-refractivity contribution < 1.29 is 29.0 Å². The summed E-state index contributed by atoms with van der Waals surface area (Å²) in [6, 6.07) is 12.2. The molecule has 2 heterocycles. The average molecular weight is 519 g/mol. The lowest BCUT2D eigenvalue weighted by Gasteiger charge is -2.27. The second-order valence-corrected chi connectivity index (χ2v) is 10.2. The van der Waals surface area contributed by atoms with Crippen LogP contribution in [0.2, 0.25) is 0 Å². The van der Waals surface area contributed by atoms with Gasteiger partial charge in [0.2, 0.25) is 5.91 Å². The number of ether oxygens (including phenoxy) is 2. The normalized spacial score (nSPS) is 16.1. The Labute approximate surface area is 220 Å². The summed E-state index contributed by atoms with van der Waals surface area (Å²) in [5.41, 5.74) is 1.00. The Kier molecular flexibility index (Phi) is 7.57. The topological polar surface area (TPSA) is 145 Å². The number of nitriles is 1. The molecule has 2 amide bonds. The first kappa shape index (κ1) is 26.5. The first-order valence-electron chi connectivity index (χ1n) is 12.3. The summed E-state index contributed by atoms with van der Waals surface area (Å²) in [5.74, 6) is -0.356. The quantitative estimate of drug-likeness (QED) is 0.414. The molecule has 1 fully saturated rings. The Morgan fingerprint density at radius 1 is 1.18 bits per heavy atom. The van der Waals surface area contributed by atoms with Crippen LogP contribution in [-0.2, 0) is 16.0 Å². The molecule has 38 heavy (non-hydrogen) atoms. The highest BCUT2D eigenvalue weighted by Gasteiger charge is 2.35. The highest BCUT2D eigenvalue weighted by Crippen LogP contribution is 2.29. The minimum atomic E-state index is -1.02. The molecule has 10 nitrogen and oxygen atoms in total. The predicted octanol–water partition coefficient (Wildman–Crippen LogP) is 4.61. The third-order valence-electron chi connectivity index (χ3n) is 6.17. The minimum absolute atomic E-state index is 0.158. The molecular weight excluding hydrogens is 488 g/mol. The standard InChI is InChI=1S/C28H30N4O6/c1-28(2,3)38-27(36)31-24(25(33)32-12-4-5-19(32)15-29)13-18-16-30-23-11-10-21(14-22(18)23)37-20-8-6-17(7-9-20)26(34)35/h6-11,14,16,19,24,30H,4-5,12-13H2,1-3H3,(H,31,36)(H,34,35). The highest BCUT2D eigenvalue weighted by molar-refractivity contribution is 5.90. The first-order valence-corrected chi connectivity index (χ1v) is 12.3. The van der Waals surface area contributed by atoms with E-state index in [4.69, 9.17) is 14.6 Å². The van der Waals surface area contributed by atoms with Crippen molar-refractivity contribution >= 4 is 28.9 Å². The molecule has 0 aliphatic carbocycles. The fraction of sp³-hybridized carbons (Fsp3) is 0.357. The SMILES string of the molecule is CC(C)(C)OC(=O)NC(Cc1c[nH]c2ccc(Oc3ccc(C(=O)O)cc3)cc12)C(=O)N1CCCC1C#N. The van der Waals surface area contributed by atoms with E-state index in [1.54, 1.807) is 45.2 Å². The van der Waals surface area contributed by atoms with Crippen LogP contribution in [0.15, 0.2) is 48.7 Å². The Morgan fingerprint density at radius 3 is 2.55 bits per heavy atom. The van der Waals surface area contributed by atoms with E-state index in [1.165, 1.54) is 17.0 Å². The molecule has 1 aliphatic heterocycles. The Bertz CT molecular complexity index is 1380. The lowest BCUT2D eigenvalue weighted by Crippen LogP contribution is -2.51. The van der Waals surface area contributed by atoms with Crippen LogP contribution in [-0.4, -0.2) is 57.2 Å². The summed E-state index contributed by atoms with van der Waals surface area (Å²) in [5, 5.41) is 22.1. The number of aromatic nitrogens is 1. The van der Waals surface area contributed by atoms with Crippen molar-refractivity contribution in [2.24, 2.45) is 0 Å². The summed E-state index contributed by atoms with van der Waals surface area (Å²) in [6.45, 7) is 5.68. The van der Waals surface area contributed by atoms with E-state index in [9.17, 15) is 19.6 Å². The van der Waals surface area contributed by atoms with E-state index in [0.717, 1.165) is 22.9 Å². The second kappa shape index (κ2) is 10.8. The number of nitrogens with zero attached hydrogens (tertiary/aromatic N) is 2. The number of aromatic carboxylic acids is 1. The maximum Gasteiger partial charge on any atom is 0.408 e. The van der Waals surface area contributed by atoms with Gasteiger partial charge in [-0.05, 0) is 81.6 Å². The van der Waals surface area contributed by atoms with Gasteiger partial charge in [0.1, 0.15) is 29.2 Å². The lowest BCUT2D eigenvalue weighted by molar-refractivity contribution is -0.133. The molecule has 2 aromatic carbocycles. The maximum absolute atomic E-state index is 13.5. The molecule has 0 saturated carbocycles. The average Bonchev–Trinajstić information content (AvgIpc) is 3.49. The van der Waals surface area contributed by atoms with Gasteiger partial charge >= 0.3 is 12.1 Å². The molecule has 3 N–H and O–H groups in total. The Morgan fingerprint density at radius 2 is 1.89 bits per heavy atom. The number of H-pyrrole nitrogens is 1. The molecule has 1 aliphatic rings. The van der Waals surface area contributed by atoms with Crippen molar-refractivity contribution in [1.29, 1.82) is 5.26 Å². The maximum atomic E-state index is 13.5. The van der Waals surface area contributed by atoms with Gasteiger partial charge in [-0.2, -0.15) is 5.26 Å². The van der Waals surface area contributed by atoms with Gasteiger partial charge in [-0.25, -0.2) is 9.59 Å². The smallest absolute Gasteiger partial charge is 0.408 e. The van der Waals surface area contributed by atoms with Crippen LogP contribution in [0.3, 0.4) is 0 Å². The number of carbonyl (C=O) groups excluding carboxylic acids is 2. The number of nitrogens with one attached hydrogen (secondary N) is 2. The molecule has 0 spiro atoms. The summed E-state index contributed by atoms with van der Waals surface area (Å²) >= 11 is 0. The number of carbonyl (C=O) groups is 3. The van der Waals surface area contributed by atoms with Crippen LogP contribution in [0.25, 0.3) is 10.9 Å². The number of hydrogen-bond donors (Lipinski definition) is 3. The Balaban J connectivity index is 1.59. The fourth-order valence-electron chi connectivity index (χ4n) is 4.43. The van der Waals surface area contributed by atoms with E-state index in [-0.39, 0.29) is 17.9 Å². The number of benzene rings is 2. The van der Waals surface area contributed by atoms with Crippen molar-refractivity contribution in [3.05, 3.63) is 59.8 Å². The second-order valence-electron chi connectivity index (χ2n) is 10.2. The number of alkyl carbamates (subject to hydrolysis) is 1. The highest BCUT2D eigenvalue weighted by atomic mass is 16.6. The number of amides is 2. The molecule has 10 heteroatoms. The van der Waals surface area contributed by atoms with E-state index in [1.807, 2.05) is 12.1 Å². The van der Waals surface area contributed by atoms with Crippen LogP contribution in [0.5, 0.6) is 11.5 Å². The van der Waals surface area contributed by atoms with Gasteiger partial charge in [0, 0.05) is 30.1 Å².